The third kappa shape index (κ3) is 4.36. The van der Waals surface area contributed by atoms with Crippen molar-refractivity contribution in [2.45, 2.75) is 17.1 Å². The number of nitrogens with zero attached hydrogens (tertiary/aromatic N) is 1. The molecule has 2 aromatic heterocycles. The molecule has 0 aliphatic rings. The number of aromatic nitrogens is 1. The van der Waals surface area contributed by atoms with E-state index in [9.17, 15) is 9.59 Å². The SMILES string of the molecule is CC(Sc1ccccc1)C(=O)NNC(=O)c1cc(-c2ccco2)nc2ccccc12. The maximum absolute atomic E-state index is 12.9. The third-order valence-corrected chi connectivity index (χ3v) is 5.57. The van der Waals surface area contributed by atoms with Crippen LogP contribution in [0.4, 0.5) is 0 Å². The normalized spacial score (nSPS) is 11.8. The van der Waals surface area contributed by atoms with Crippen LogP contribution in [0.3, 0.4) is 0 Å². The molecular weight excluding hydrogens is 398 g/mol. The molecule has 1 atom stereocenters. The molecule has 7 heteroatoms. The maximum Gasteiger partial charge on any atom is 0.270 e. The fraction of sp³-hybridized carbons (Fsp3) is 0.0870. The van der Waals surface area contributed by atoms with Crippen LogP contribution in [-0.2, 0) is 4.79 Å². The molecule has 150 valence electrons. The molecule has 2 N–H and O–H groups in total. The lowest BCUT2D eigenvalue weighted by Crippen LogP contribution is -2.45. The van der Waals surface area contributed by atoms with Crippen LogP contribution in [0.1, 0.15) is 17.3 Å². The van der Waals surface area contributed by atoms with Gasteiger partial charge in [-0.05, 0) is 43.3 Å². The van der Waals surface area contributed by atoms with Gasteiger partial charge in [0.2, 0.25) is 0 Å². The number of pyridine rings is 1. The number of furan rings is 1. The summed E-state index contributed by atoms with van der Waals surface area (Å²) in [7, 11) is 0. The van der Waals surface area contributed by atoms with E-state index >= 15 is 0 Å². The zero-order chi connectivity index (χ0) is 20.9. The van der Waals surface area contributed by atoms with Crippen molar-refractivity contribution in [3.05, 3.63) is 84.6 Å². The summed E-state index contributed by atoms with van der Waals surface area (Å²) in [5, 5.41) is 0.312. The Morgan fingerprint density at radius 2 is 1.73 bits per heavy atom. The second-order valence-corrected chi connectivity index (χ2v) is 7.98. The fourth-order valence-corrected chi connectivity index (χ4v) is 3.85. The van der Waals surface area contributed by atoms with Gasteiger partial charge in [-0.15, -0.1) is 11.8 Å². The first kappa shape index (κ1) is 19.7. The Morgan fingerprint density at radius 1 is 0.967 bits per heavy atom. The van der Waals surface area contributed by atoms with Gasteiger partial charge in [-0.25, -0.2) is 4.98 Å². The van der Waals surface area contributed by atoms with Crippen molar-refractivity contribution < 1.29 is 14.0 Å². The predicted octanol–water partition coefficient (Wildman–Crippen LogP) is 4.44. The van der Waals surface area contributed by atoms with Crippen molar-refractivity contribution >= 4 is 34.5 Å². The van der Waals surface area contributed by atoms with E-state index in [0.717, 1.165) is 4.90 Å². The van der Waals surface area contributed by atoms with Crippen molar-refractivity contribution in [3.8, 4) is 11.5 Å². The molecule has 0 radical (unpaired) electrons. The van der Waals surface area contributed by atoms with Gasteiger partial charge in [-0.3, -0.25) is 20.4 Å². The number of benzene rings is 2. The Hall–Kier alpha value is -3.58. The number of carbonyl (C=O) groups excluding carboxylic acids is 2. The van der Waals surface area contributed by atoms with Crippen molar-refractivity contribution in [1.29, 1.82) is 0 Å². The summed E-state index contributed by atoms with van der Waals surface area (Å²) >= 11 is 1.42. The van der Waals surface area contributed by atoms with Crippen molar-refractivity contribution in [1.82, 2.24) is 15.8 Å². The summed E-state index contributed by atoms with van der Waals surface area (Å²) in [6.07, 6.45) is 1.55. The number of para-hydroxylation sites is 1. The molecule has 6 nitrogen and oxygen atoms in total. The molecule has 0 spiro atoms. The Labute approximate surface area is 177 Å². The number of rotatable bonds is 5. The number of nitrogens with one attached hydrogen (secondary N) is 2. The lowest BCUT2D eigenvalue weighted by Gasteiger charge is -2.14. The minimum Gasteiger partial charge on any atom is -0.463 e. The molecule has 4 rings (SSSR count). The molecule has 2 aromatic carbocycles. The van der Waals surface area contributed by atoms with Gasteiger partial charge in [0.15, 0.2) is 5.76 Å². The number of carbonyl (C=O) groups is 2. The van der Waals surface area contributed by atoms with Crippen LogP contribution in [0.25, 0.3) is 22.4 Å². The van der Waals surface area contributed by atoms with E-state index in [4.69, 9.17) is 4.42 Å². The minimum absolute atomic E-state index is 0.290. The number of hydrogen-bond donors (Lipinski definition) is 2. The summed E-state index contributed by atoms with van der Waals surface area (Å²) in [6.45, 7) is 1.79. The molecule has 2 heterocycles. The van der Waals surface area contributed by atoms with E-state index in [1.165, 1.54) is 11.8 Å². The highest BCUT2D eigenvalue weighted by molar-refractivity contribution is 8.00. The van der Waals surface area contributed by atoms with Gasteiger partial charge in [0, 0.05) is 10.3 Å². The summed E-state index contributed by atoms with van der Waals surface area (Å²) < 4.78 is 5.42. The second kappa shape index (κ2) is 8.84. The summed E-state index contributed by atoms with van der Waals surface area (Å²) in [4.78, 5) is 30.8. The Morgan fingerprint density at radius 3 is 2.50 bits per heavy atom. The third-order valence-electron chi connectivity index (χ3n) is 4.46. The molecule has 1 unspecified atom stereocenters. The quantitative estimate of drug-likeness (QED) is 0.371. The van der Waals surface area contributed by atoms with E-state index < -0.39 is 5.91 Å². The largest absolute Gasteiger partial charge is 0.463 e. The lowest BCUT2D eigenvalue weighted by molar-refractivity contribution is -0.121. The van der Waals surface area contributed by atoms with Crippen molar-refractivity contribution in [2.24, 2.45) is 0 Å². The zero-order valence-electron chi connectivity index (χ0n) is 16.2. The van der Waals surface area contributed by atoms with Gasteiger partial charge in [0.05, 0.1) is 22.6 Å². The Kier molecular flexibility index (Phi) is 5.81. The van der Waals surface area contributed by atoms with Crippen LogP contribution in [0.5, 0.6) is 0 Å². The van der Waals surface area contributed by atoms with Gasteiger partial charge >= 0.3 is 0 Å². The van der Waals surface area contributed by atoms with Crippen LogP contribution >= 0.6 is 11.8 Å². The van der Waals surface area contributed by atoms with Gasteiger partial charge in [0.25, 0.3) is 11.8 Å². The summed E-state index contributed by atoms with van der Waals surface area (Å²) in [5.74, 6) is -0.153. The summed E-state index contributed by atoms with van der Waals surface area (Å²) in [6, 6.07) is 22.2. The van der Waals surface area contributed by atoms with E-state index in [1.54, 1.807) is 31.4 Å². The van der Waals surface area contributed by atoms with Crippen LogP contribution < -0.4 is 10.9 Å². The molecular formula is C23H19N3O3S. The van der Waals surface area contributed by atoms with Gasteiger partial charge in [0.1, 0.15) is 5.69 Å². The number of amides is 2. The molecule has 0 saturated carbocycles. The van der Waals surface area contributed by atoms with E-state index in [1.807, 2.05) is 54.6 Å². The van der Waals surface area contributed by atoms with Crippen LogP contribution in [0.2, 0.25) is 0 Å². The maximum atomic E-state index is 12.9. The molecule has 0 saturated heterocycles. The van der Waals surface area contributed by atoms with Crippen molar-refractivity contribution in [2.75, 3.05) is 0 Å². The highest BCUT2D eigenvalue weighted by atomic mass is 32.2. The average Bonchev–Trinajstić information content (AvgIpc) is 3.32. The predicted molar refractivity (Wildman–Crippen MR) is 117 cm³/mol. The first-order valence-electron chi connectivity index (χ1n) is 9.37. The molecule has 0 aliphatic carbocycles. The highest BCUT2D eigenvalue weighted by Gasteiger charge is 2.18. The first-order chi connectivity index (χ1) is 14.6. The number of hydrazine groups is 1. The standard InChI is InChI=1S/C23H19N3O3S/c1-15(30-16-8-3-2-4-9-16)22(27)25-26-23(28)18-14-20(21-12-7-13-29-21)24-19-11-6-5-10-17(18)19/h2-15H,1H3,(H,25,27)(H,26,28). The topological polar surface area (TPSA) is 84.2 Å². The number of fused-ring (bicyclic) bond motifs is 1. The smallest absolute Gasteiger partial charge is 0.270 e. The monoisotopic (exact) mass is 417 g/mol. The molecule has 2 amide bonds. The van der Waals surface area contributed by atoms with E-state index in [0.29, 0.717) is 27.9 Å². The highest BCUT2D eigenvalue weighted by Crippen LogP contribution is 2.25. The van der Waals surface area contributed by atoms with Gasteiger partial charge < -0.3 is 4.42 Å². The number of thioether (sulfide) groups is 1. The van der Waals surface area contributed by atoms with E-state index in [2.05, 4.69) is 15.8 Å². The van der Waals surface area contributed by atoms with Crippen LogP contribution in [0, 0.1) is 0 Å². The second-order valence-electron chi connectivity index (χ2n) is 6.57. The molecule has 4 aromatic rings. The van der Waals surface area contributed by atoms with Gasteiger partial charge in [-0.2, -0.15) is 0 Å². The molecule has 30 heavy (non-hydrogen) atoms. The van der Waals surface area contributed by atoms with E-state index in [-0.39, 0.29) is 11.2 Å². The zero-order valence-corrected chi connectivity index (χ0v) is 17.0. The van der Waals surface area contributed by atoms with Gasteiger partial charge in [-0.1, -0.05) is 36.4 Å². The average molecular weight is 417 g/mol. The van der Waals surface area contributed by atoms with Crippen LogP contribution in [0.15, 0.2) is 88.4 Å². The Balaban J connectivity index is 1.51. The fourth-order valence-electron chi connectivity index (χ4n) is 2.96. The molecule has 0 fully saturated rings. The lowest BCUT2D eigenvalue weighted by atomic mass is 10.1. The van der Waals surface area contributed by atoms with Crippen LogP contribution in [-0.4, -0.2) is 22.0 Å². The summed E-state index contributed by atoms with van der Waals surface area (Å²) in [5.41, 5.74) is 6.64. The Bertz CT molecular complexity index is 1180. The van der Waals surface area contributed by atoms with Crippen molar-refractivity contribution in [3.63, 3.8) is 0 Å². The molecule has 0 aliphatic heterocycles. The number of hydrogen-bond acceptors (Lipinski definition) is 5. The molecule has 0 bridgehead atoms. The minimum atomic E-state index is -0.424. The first-order valence-corrected chi connectivity index (χ1v) is 10.3.